The van der Waals surface area contributed by atoms with E-state index in [0.29, 0.717) is 0 Å². The Balaban J connectivity index is 0.000000360. The minimum atomic E-state index is 0. The number of hydrogen-bond donors (Lipinski definition) is 1. The van der Waals surface area contributed by atoms with Crippen molar-refractivity contribution in [3.05, 3.63) is 18.0 Å². The first kappa shape index (κ1) is 7.31. The van der Waals surface area contributed by atoms with E-state index in [1.807, 2.05) is 6.92 Å². The molecule has 35 valence electrons. The van der Waals surface area contributed by atoms with Gasteiger partial charge in [-0.15, -0.1) is 11.9 Å². The summed E-state index contributed by atoms with van der Waals surface area (Å²) in [7, 11) is 0. The van der Waals surface area contributed by atoms with Crippen molar-refractivity contribution in [3.8, 4) is 0 Å². The first-order valence-electron chi connectivity index (χ1n) is 1.77. The Morgan fingerprint density at radius 3 is 2.71 bits per heavy atom. The Morgan fingerprint density at radius 1 is 1.86 bits per heavy atom. The minimum absolute atomic E-state index is 0. The molecule has 0 bridgehead atoms. The average molecular weight is 170 g/mol. The quantitative estimate of drug-likeness (QED) is 0.564. The molecule has 3 heteroatoms. The van der Waals surface area contributed by atoms with Gasteiger partial charge < -0.3 is 10.2 Å². The number of hydrogen-bond acceptors (Lipinski definition) is 1. The maximum absolute atomic E-state index is 3.57. The van der Waals surface area contributed by atoms with Crippen LogP contribution in [-0.4, -0.2) is 10.2 Å². The summed E-state index contributed by atoms with van der Waals surface area (Å²) in [6.07, 6.45) is 2.62. The summed E-state index contributed by atoms with van der Waals surface area (Å²) in [6, 6.07) is 1.79. The van der Waals surface area contributed by atoms with Gasteiger partial charge in [0, 0.05) is 32.7 Å². The van der Waals surface area contributed by atoms with Crippen LogP contribution in [0.15, 0.2) is 6.07 Å². The Bertz CT molecular complexity index is 113. The Labute approximate surface area is 67.6 Å². The van der Waals surface area contributed by atoms with E-state index >= 15 is 0 Å². The fourth-order valence-corrected chi connectivity index (χ4v) is 0.282. The minimum Gasteiger partial charge on any atom is -0.380 e. The molecule has 0 unspecified atom stereocenters. The molecule has 1 aromatic rings. The van der Waals surface area contributed by atoms with Gasteiger partial charge >= 0.3 is 0 Å². The normalized spacial score (nSPS) is 7.57. The second kappa shape index (κ2) is 3.33. The molecule has 0 spiro atoms. The number of aryl methyl sites for hydroxylation is 1. The van der Waals surface area contributed by atoms with Crippen molar-refractivity contribution in [3.63, 3.8) is 0 Å². The van der Waals surface area contributed by atoms with Crippen molar-refractivity contribution >= 4 is 0 Å². The third-order valence-electron chi connectivity index (χ3n) is 0.578. The van der Waals surface area contributed by atoms with E-state index in [1.54, 1.807) is 6.07 Å². The molecule has 0 aliphatic carbocycles. The van der Waals surface area contributed by atoms with Crippen LogP contribution in [0, 0.1) is 13.1 Å². The van der Waals surface area contributed by atoms with Gasteiger partial charge in [-0.3, -0.25) is 0 Å². The first-order valence-corrected chi connectivity index (χ1v) is 1.77. The van der Waals surface area contributed by atoms with E-state index in [4.69, 9.17) is 0 Å². The zero-order chi connectivity index (χ0) is 4.41. The zero-order valence-electron chi connectivity index (χ0n) is 4.10. The molecule has 0 aromatic carbocycles. The van der Waals surface area contributed by atoms with Crippen LogP contribution in [-0.2, 0) is 32.7 Å². The molecule has 0 aliphatic heterocycles. The van der Waals surface area contributed by atoms with Crippen LogP contribution >= 0.6 is 0 Å². The SMILES string of the molecule is Cc1c[c-]n[nH]1.[Y]. The molecule has 0 amide bonds. The summed E-state index contributed by atoms with van der Waals surface area (Å²) in [5, 5.41) is 6.27. The van der Waals surface area contributed by atoms with Crippen LogP contribution in [0.25, 0.3) is 0 Å². The van der Waals surface area contributed by atoms with E-state index in [9.17, 15) is 0 Å². The Kier molecular flexibility index (Phi) is 3.48. The van der Waals surface area contributed by atoms with Crippen molar-refractivity contribution in [1.82, 2.24) is 10.2 Å². The molecular formula is C4H5N2Y-. The molecule has 1 N–H and O–H groups in total. The summed E-state index contributed by atoms with van der Waals surface area (Å²) in [6.45, 7) is 1.93. The van der Waals surface area contributed by atoms with E-state index < -0.39 is 0 Å². The predicted octanol–water partition coefficient (Wildman–Crippen LogP) is 0.516. The van der Waals surface area contributed by atoms with Crippen LogP contribution in [0.1, 0.15) is 5.69 Å². The Hall–Kier alpha value is 0.314. The van der Waals surface area contributed by atoms with Gasteiger partial charge in [0.2, 0.25) is 0 Å². The van der Waals surface area contributed by atoms with Crippen molar-refractivity contribution in [2.24, 2.45) is 0 Å². The summed E-state index contributed by atoms with van der Waals surface area (Å²) in [5.74, 6) is 0. The van der Waals surface area contributed by atoms with Gasteiger partial charge in [0.05, 0.1) is 0 Å². The molecule has 0 saturated carbocycles. The van der Waals surface area contributed by atoms with Crippen LogP contribution in [0.3, 0.4) is 0 Å². The Morgan fingerprint density at radius 2 is 2.57 bits per heavy atom. The molecule has 1 heterocycles. The summed E-state index contributed by atoms with van der Waals surface area (Å²) >= 11 is 0. The molecule has 1 aromatic heterocycles. The molecular weight excluding hydrogens is 165 g/mol. The molecule has 0 atom stereocenters. The molecule has 0 fully saturated rings. The second-order valence-electron chi connectivity index (χ2n) is 1.18. The van der Waals surface area contributed by atoms with Crippen molar-refractivity contribution < 1.29 is 32.7 Å². The number of H-pyrrole nitrogens is 1. The molecule has 2 nitrogen and oxygen atoms in total. The van der Waals surface area contributed by atoms with E-state index in [-0.39, 0.29) is 32.7 Å². The monoisotopic (exact) mass is 170 g/mol. The molecule has 0 saturated heterocycles. The number of nitrogens with zero attached hydrogens (tertiary/aromatic N) is 1. The summed E-state index contributed by atoms with van der Waals surface area (Å²) in [4.78, 5) is 0. The van der Waals surface area contributed by atoms with Crippen LogP contribution < -0.4 is 0 Å². The van der Waals surface area contributed by atoms with Gasteiger partial charge in [0.15, 0.2) is 0 Å². The number of aromatic amines is 1. The van der Waals surface area contributed by atoms with Crippen LogP contribution in [0.5, 0.6) is 0 Å². The fraction of sp³-hybridized carbons (Fsp3) is 0.250. The molecule has 7 heavy (non-hydrogen) atoms. The smallest absolute Gasteiger partial charge is 0 e. The van der Waals surface area contributed by atoms with Crippen molar-refractivity contribution in [1.29, 1.82) is 0 Å². The van der Waals surface area contributed by atoms with Gasteiger partial charge in [-0.25, -0.2) is 0 Å². The summed E-state index contributed by atoms with van der Waals surface area (Å²) in [5.41, 5.74) is 1.05. The third kappa shape index (κ3) is 2.20. The van der Waals surface area contributed by atoms with Gasteiger partial charge in [-0.2, -0.15) is 6.07 Å². The van der Waals surface area contributed by atoms with E-state index in [0.717, 1.165) is 5.69 Å². The third-order valence-corrected chi connectivity index (χ3v) is 0.578. The van der Waals surface area contributed by atoms with E-state index in [1.165, 1.54) is 0 Å². The van der Waals surface area contributed by atoms with Gasteiger partial charge in [0.25, 0.3) is 0 Å². The van der Waals surface area contributed by atoms with Gasteiger partial charge in [-0.05, 0) is 0 Å². The summed E-state index contributed by atoms with van der Waals surface area (Å²) < 4.78 is 0. The number of aromatic nitrogens is 2. The number of rotatable bonds is 0. The predicted molar refractivity (Wildman–Crippen MR) is 22.2 cm³/mol. The zero-order valence-corrected chi connectivity index (χ0v) is 6.94. The first-order chi connectivity index (χ1) is 2.89. The van der Waals surface area contributed by atoms with Gasteiger partial charge in [-0.1, -0.05) is 6.92 Å². The topological polar surface area (TPSA) is 28.7 Å². The van der Waals surface area contributed by atoms with Crippen molar-refractivity contribution in [2.75, 3.05) is 0 Å². The van der Waals surface area contributed by atoms with E-state index in [2.05, 4.69) is 16.4 Å². The van der Waals surface area contributed by atoms with Crippen LogP contribution in [0.4, 0.5) is 0 Å². The average Bonchev–Trinajstić information content (AvgIpc) is 1.86. The molecule has 0 aliphatic rings. The van der Waals surface area contributed by atoms with Crippen LogP contribution in [0.2, 0.25) is 0 Å². The largest absolute Gasteiger partial charge is 0.380 e. The maximum atomic E-state index is 3.57. The fourth-order valence-electron chi connectivity index (χ4n) is 0.282. The number of nitrogens with one attached hydrogen (secondary N) is 1. The van der Waals surface area contributed by atoms with Gasteiger partial charge in [0.1, 0.15) is 0 Å². The standard InChI is InChI=1S/C4H5N2.Y/c1-4-2-3-5-6-4;/h2H,1H3,(H,5,6);/q-1;. The maximum Gasteiger partial charge on any atom is 0 e. The molecule has 1 radical (unpaired) electrons. The molecule has 1 rings (SSSR count). The van der Waals surface area contributed by atoms with Crippen molar-refractivity contribution in [2.45, 2.75) is 6.92 Å². The second-order valence-corrected chi connectivity index (χ2v) is 1.18.